The molecular weight excluding hydrogens is 432 g/mol. The van der Waals surface area contributed by atoms with Gasteiger partial charge < -0.3 is 9.88 Å². The largest absolute Gasteiger partial charge is 0.378 e. The summed E-state index contributed by atoms with van der Waals surface area (Å²) >= 11 is 0. The molecule has 3 aromatic heterocycles. The molecule has 0 atom stereocenters. The van der Waals surface area contributed by atoms with Gasteiger partial charge in [0.2, 0.25) is 0 Å². The molecule has 35 heavy (non-hydrogen) atoms. The second kappa shape index (κ2) is 10.2. The molecular formula is C29H30N6. The molecule has 6 heteroatoms. The number of H-pyrrole nitrogens is 2. The number of aromatic nitrogens is 5. The molecule has 176 valence electrons. The fourth-order valence-electron chi connectivity index (χ4n) is 4.03. The standard InChI is InChI=1S/C29H30N6/c1-7-10-24(21-13-15-30-16-14-21)27-19(4)31-29(32-27)28-25-18-22(11-12-26(25)33-34-28)20(8-2)17-23(9-3)35(5)6/h7-18H,1,3H2,2,4-6H3,(H,31,32)(H,33,34)/b20-8+,23-17+,24-10-. The number of imidazole rings is 1. The number of allylic oxidation sites excluding steroid dienone is 6. The van der Waals surface area contributed by atoms with Crippen molar-refractivity contribution in [2.45, 2.75) is 13.8 Å². The Morgan fingerprint density at radius 2 is 1.83 bits per heavy atom. The molecule has 0 aliphatic carbocycles. The van der Waals surface area contributed by atoms with Gasteiger partial charge in [0, 0.05) is 48.8 Å². The van der Waals surface area contributed by atoms with Crippen molar-refractivity contribution < 1.29 is 0 Å². The van der Waals surface area contributed by atoms with E-state index in [0.717, 1.165) is 56.0 Å². The molecule has 0 aliphatic rings. The van der Waals surface area contributed by atoms with E-state index in [2.05, 4.69) is 63.7 Å². The van der Waals surface area contributed by atoms with Crippen molar-refractivity contribution in [1.82, 2.24) is 30.0 Å². The molecule has 2 N–H and O–H groups in total. The first-order chi connectivity index (χ1) is 17.0. The van der Waals surface area contributed by atoms with Crippen molar-refractivity contribution in [2.24, 2.45) is 0 Å². The van der Waals surface area contributed by atoms with E-state index in [1.54, 1.807) is 18.5 Å². The number of nitrogens with one attached hydrogen (secondary N) is 2. The molecule has 0 radical (unpaired) electrons. The maximum atomic E-state index is 4.96. The minimum Gasteiger partial charge on any atom is -0.378 e. The van der Waals surface area contributed by atoms with E-state index in [-0.39, 0.29) is 0 Å². The maximum Gasteiger partial charge on any atom is 0.159 e. The van der Waals surface area contributed by atoms with Crippen molar-refractivity contribution in [2.75, 3.05) is 14.1 Å². The van der Waals surface area contributed by atoms with Crippen LogP contribution in [0.25, 0.3) is 33.6 Å². The normalized spacial score (nSPS) is 12.7. The van der Waals surface area contributed by atoms with Crippen LogP contribution in [0.2, 0.25) is 0 Å². The number of nitrogens with zero attached hydrogens (tertiary/aromatic N) is 4. The Morgan fingerprint density at radius 3 is 2.49 bits per heavy atom. The maximum absolute atomic E-state index is 4.96. The summed E-state index contributed by atoms with van der Waals surface area (Å²) in [6.07, 6.45) is 13.4. The lowest BCUT2D eigenvalue weighted by molar-refractivity contribution is 0.530. The average molecular weight is 463 g/mol. The third kappa shape index (κ3) is 4.77. The number of aromatic amines is 2. The minimum absolute atomic E-state index is 0.711. The molecule has 0 unspecified atom stereocenters. The zero-order chi connectivity index (χ0) is 24.9. The van der Waals surface area contributed by atoms with E-state index in [9.17, 15) is 0 Å². The monoisotopic (exact) mass is 462 g/mol. The van der Waals surface area contributed by atoms with Crippen LogP contribution in [-0.4, -0.2) is 44.1 Å². The van der Waals surface area contributed by atoms with Crippen LogP contribution in [0.15, 0.2) is 92.0 Å². The Morgan fingerprint density at radius 1 is 1.06 bits per heavy atom. The Kier molecular flexibility index (Phi) is 6.92. The van der Waals surface area contributed by atoms with Crippen molar-refractivity contribution in [3.05, 3.63) is 114 Å². The predicted octanol–water partition coefficient (Wildman–Crippen LogP) is 6.31. The lowest BCUT2D eigenvalue weighted by Crippen LogP contribution is -2.09. The summed E-state index contributed by atoms with van der Waals surface area (Å²) < 4.78 is 0. The smallest absolute Gasteiger partial charge is 0.159 e. The van der Waals surface area contributed by atoms with Gasteiger partial charge in [-0.3, -0.25) is 10.1 Å². The Labute approximate surface area is 206 Å². The Hall–Kier alpha value is -4.45. The number of hydrogen-bond donors (Lipinski definition) is 2. The number of fused-ring (bicyclic) bond motifs is 1. The van der Waals surface area contributed by atoms with Crippen molar-refractivity contribution in [3.63, 3.8) is 0 Å². The van der Waals surface area contributed by atoms with Gasteiger partial charge in [-0.2, -0.15) is 5.10 Å². The second-order valence-electron chi connectivity index (χ2n) is 8.36. The first-order valence-corrected chi connectivity index (χ1v) is 11.4. The molecule has 0 spiro atoms. The highest BCUT2D eigenvalue weighted by molar-refractivity contribution is 5.95. The van der Waals surface area contributed by atoms with Gasteiger partial charge in [0.25, 0.3) is 0 Å². The first-order valence-electron chi connectivity index (χ1n) is 11.4. The number of aryl methyl sites for hydroxylation is 1. The third-order valence-corrected chi connectivity index (χ3v) is 5.88. The van der Waals surface area contributed by atoms with Gasteiger partial charge in [-0.05, 0) is 67.0 Å². The van der Waals surface area contributed by atoms with Crippen LogP contribution in [-0.2, 0) is 0 Å². The van der Waals surface area contributed by atoms with Crippen LogP contribution in [0.1, 0.15) is 29.4 Å². The fourth-order valence-corrected chi connectivity index (χ4v) is 4.03. The van der Waals surface area contributed by atoms with Crippen molar-refractivity contribution >= 4 is 22.0 Å². The van der Waals surface area contributed by atoms with Gasteiger partial charge in [-0.25, -0.2) is 4.98 Å². The molecule has 3 heterocycles. The van der Waals surface area contributed by atoms with E-state index >= 15 is 0 Å². The lowest BCUT2D eigenvalue weighted by Gasteiger charge is -2.14. The molecule has 4 aromatic rings. The highest BCUT2D eigenvalue weighted by Crippen LogP contribution is 2.31. The number of rotatable bonds is 8. The first kappa shape index (κ1) is 23.7. The molecule has 1 aromatic carbocycles. The summed E-state index contributed by atoms with van der Waals surface area (Å²) in [4.78, 5) is 14.6. The molecule has 0 amide bonds. The third-order valence-electron chi connectivity index (χ3n) is 5.88. The van der Waals surface area contributed by atoms with E-state index in [1.807, 2.05) is 57.1 Å². The number of pyridine rings is 1. The zero-order valence-corrected chi connectivity index (χ0v) is 20.6. The van der Waals surface area contributed by atoms with Gasteiger partial charge in [0.05, 0.1) is 11.2 Å². The summed E-state index contributed by atoms with van der Waals surface area (Å²) in [5.41, 5.74) is 8.78. The summed E-state index contributed by atoms with van der Waals surface area (Å²) in [6.45, 7) is 11.9. The summed E-state index contributed by atoms with van der Waals surface area (Å²) in [6, 6.07) is 10.2. The van der Waals surface area contributed by atoms with E-state index in [1.165, 1.54) is 0 Å². The van der Waals surface area contributed by atoms with Gasteiger partial charge in [-0.15, -0.1) is 0 Å². The van der Waals surface area contributed by atoms with Crippen LogP contribution in [0, 0.1) is 6.92 Å². The lowest BCUT2D eigenvalue weighted by atomic mass is 10.0. The van der Waals surface area contributed by atoms with Gasteiger partial charge >= 0.3 is 0 Å². The topological polar surface area (TPSA) is 73.5 Å². The van der Waals surface area contributed by atoms with Crippen LogP contribution >= 0.6 is 0 Å². The summed E-state index contributed by atoms with van der Waals surface area (Å²) in [7, 11) is 4.02. The number of hydrogen-bond acceptors (Lipinski definition) is 4. The minimum atomic E-state index is 0.711. The number of likely N-dealkylation sites (N-methyl/N-ethyl adjacent to an activating group) is 1. The molecule has 0 bridgehead atoms. The summed E-state index contributed by atoms with van der Waals surface area (Å²) in [5, 5.41) is 8.75. The van der Waals surface area contributed by atoms with E-state index in [0.29, 0.717) is 5.82 Å². The van der Waals surface area contributed by atoms with Crippen molar-refractivity contribution in [1.29, 1.82) is 0 Å². The van der Waals surface area contributed by atoms with Gasteiger partial charge in [0.15, 0.2) is 5.82 Å². The Bertz CT molecular complexity index is 1460. The Balaban J connectivity index is 1.80. The van der Waals surface area contributed by atoms with Crippen molar-refractivity contribution in [3.8, 4) is 11.5 Å². The zero-order valence-electron chi connectivity index (χ0n) is 20.6. The second-order valence-corrected chi connectivity index (χ2v) is 8.36. The number of benzene rings is 1. The van der Waals surface area contributed by atoms with Crippen LogP contribution in [0.5, 0.6) is 0 Å². The molecule has 0 aliphatic heterocycles. The summed E-state index contributed by atoms with van der Waals surface area (Å²) in [5.74, 6) is 0.711. The van der Waals surface area contributed by atoms with Gasteiger partial charge in [0.1, 0.15) is 5.69 Å². The molecule has 0 saturated carbocycles. The molecule has 0 fully saturated rings. The van der Waals surface area contributed by atoms with Crippen LogP contribution < -0.4 is 0 Å². The van der Waals surface area contributed by atoms with E-state index < -0.39 is 0 Å². The van der Waals surface area contributed by atoms with Crippen LogP contribution in [0.3, 0.4) is 0 Å². The fraction of sp³-hybridized carbons (Fsp3) is 0.138. The van der Waals surface area contributed by atoms with Crippen LogP contribution in [0.4, 0.5) is 0 Å². The SMILES string of the molecule is C=C/C=C(/c1ccncc1)c1nc(-c2n[nH]c3ccc(C(=C/C)/C=C(\C=C)N(C)C)cc23)[nH]c1C. The highest BCUT2D eigenvalue weighted by Gasteiger charge is 2.18. The van der Waals surface area contributed by atoms with E-state index in [4.69, 9.17) is 4.98 Å². The predicted molar refractivity (Wildman–Crippen MR) is 146 cm³/mol. The molecule has 6 nitrogen and oxygen atoms in total. The average Bonchev–Trinajstić information content (AvgIpc) is 3.46. The molecule has 4 rings (SSSR count). The molecule has 0 saturated heterocycles. The highest BCUT2D eigenvalue weighted by atomic mass is 15.1. The van der Waals surface area contributed by atoms with Gasteiger partial charge in [-0.1, -0.05) is 37.5 Å². The quantitative estimate of drug-likeness (QED) is 0.301.